The summed E-state index contributed by atoms with van der Waals surface area (Å²) < 4.78 is 29.5. The molecule has 1 fully saturated rings. The number of carbonyl (C=O) groups excluding carboxylic acids is 3. The number of hydrogen-bond acceptors (Lipinski definition) is 6. The number of piperidine rings is 1. The van der Waals surface area contributed by atoms with Crippen molar-refractivity contribution in [3.8, 4) is 0 Å². The topological polar surface area (TPSA) is 110 Å². The smallest absolute Gasteiger partial charge is 0.309 e. The number of anilines is 1. The van der Waals surface area contributed by atoms with E-state index in [0.29, 0.717) is 29.7 Å². The van der Waals surface area contributed by atoms with E-state index >= 15 is 0 Å². The van der Waals surface area contributed by atoms with Gasteiger partial charge < -0.3 is 10.1 Å². The van der Waals surface area contributed by atoms with Crippen molar-refractivity contribution in [1.82, 2.24) is 4.31 Å². The predicted octanol–water partition coefficient (Wildman–Crippen LogP) is 2.34. The van der Waals surface area contributed by atoms with E-state index in [-0.39, 0.29) is 31.4 Å². The van der Waals surface area contributed by atoms with Gasteiger partial charge in [-0.1, -0.05) is 18.2 Å². The summed E-state index contributed by atoms with van der Waals surface area (Å²) in [7, 11) is -3.26. The third-order valence-electron chi connectivity index (χ3n) is 5.10. The summed E-state index contributed by atoms with van der Waals surface area (Å²) in [5.41, 5.74) is 1.43. The van der Waals surface area contributed by atoms with Crippen LogP contribution in [0.25, 0.3) is 0 Å². The molecular formula is C22H24N2O6S. The van der Waals surface area contributed by atoms with Gasteiger partial charge in [-0.15, -0.1) is 0 Å². The van der Waals surface area contributed by atoms with E-state index in [1.807, 2.05) is 6.07 Å². The van der Waals surface area contributed by atoms with Crippen molar-refractivity contribution in [2.45, 2.75) is 12.8 Å². The molecule has 1 heterocycles. The van der Waals surface area contributed by atoms with Crippen LogP contribution in [0.15, 0.2) is 54.6 Å². The Bertz CT molecular complexity index is 1040. The Morgan fingerprint density at radius 1 is 0.968 bits per heavy atom. The molecule has 1 saturated heterocycles. The Kier molecular flexibility index (Phi) is 7.19. The SMILES string of the molecule is CS(=O)(=O)N1CCC(C(=O)OCC(=O)c2ccc(NC(=O)c3ccccc3)cc2)CC1. The molecule has 1 aliphatic heterocycles. The summed E-state index contributed by atoms with van der Waals surface area (Å²) in [4.78, 5) is 36.7. The minimum absolute atomic E-state index is 0.254. The maximum Gasteiger partial charge on any atom is 0.309 e. The van der Waals surface area contributed by atoms with Crippen molar-refractivity contribution in [3.63, 3.8) is 0 Å². The summed E-state index contributed by atoms with van der Waals surface area (Å²) in [5, 5.41) is 2.75. The zero-order valence-electron chi connectivity index (χ0n) is 17.1. The molecule has 9 heteroatoms. The Morgan fingerprint density at radius 3 is 2.16 bits per heavy atom. The molecule has 31 heavy (non-hydrogen) atoms. The second kappa shape index (κ2) is 9.84. The van der Waals surface area contributed by atoms with E-state index in [2.05, 4.69) is 5.32 Å². The normalized spacial score (nSPS) is 15.3. The van der Waals surface area contributed by atoms with Gasteiger partial charge in [-0.3, -0.25) is 14.4 Å². The van der Waals surface area contributed by atoms with Gasteiger partial charge in [0.2, 0.25) is 10.0 Å². The van der Waals surface area contributed by atoms with Gasteiger partial charge in [0.05, 0.1) is 12.2 Å². The van der Waals surface area contributed by atoms with Crippen molar-refractivity contribution in [2.24, 2.45) is 5.92 Å². The Balaban J connectivity index is 1.47. The molecular weight excluding hydrogens is 420 g/mol. The molecule has 0 unspecified atom stereocenters. The standard InChI is InChI=1S/C22H24N2O6S/c1-31(28,29)24-13-11-18(12-14-24)22(27)30-15-20(25)16-7-9-19(10-8-16)23-21(26)17-5-3-2-4-6-17/h2-10,18H,11-15H2,1H3,(H,23,26). The number of rotatable bonds is 7. The van der Waals surface area contributed by atoms with Crippen LogP contribution in [0.2, 0.25) is 0 Å². The lowest BCUT2D eigenvalue weighted by Crippen LogP contribution is -2.40. The number of carbonyl (C=O) groups is 3. The highest BCUT2D eigenvalue weighted by Gasteiger charge is 2.30. The number of Topliss-reactive ketones (excluding diaryl/α,β-unsaturated/α-hetero) is 1. The maximum atomic E-state index is 12.3. The van der Waals surface area contributed by atoms with Crippen LogP contribution in [-0.4, -0.2) is 56.3 Å². The minimum Gasteiger partial charge on any atom is -0.457 e. The van der Waals surface area contributed by atoms with Gasteiger partial charge in [0.15, 0.2) is 12.4 Å². The molecule has 164 valence electrons. The van der Waals surface area contributed by atoms with E-state index in [1.165, 1.54) is 4.31 Å². The third-order valence-corrected chi connectivity index (χ3v) is 6.41. The van der Waals surface area contributed by atoms with Gasteiger partial charge in [-0.2, -0.15) is 0 Å². The lowest BCUT2D eigenvalue weighted by atomic mass is 9.98. The fourth-order valence-electron chi connectivity index (χ4n) is 3.29. The molecule has 2 aromatic carbocycles. The lowest BCUT2D eigenvalue weighted by molar-refractivity contribution is -0.148. The molecule has 0 saturated carbocycles. The van der Waals surface area contributed by atoms with Crippen molar-refractivity contribution >= 4 is 33.4 Å². The molecule has 0 atom stereocenters. The molecule has 0 bridgehead atoms. The zero-order valence-corrected chi connectivity index (χ0v) is 17.9. The summed E-state index contributed by atoms with van der Waals surface area (Å²) in [6, 6.07) is 15.1. The molecule has 3 rings (SSSR count). The van der Waals surface area contributed by atoms with E-state index in [9.17, 15) is 22.8 Å². The highest BCUT2D eigenvalue weighted by Crippen LogP contribution is 2.20. The van der Waals surface area contributed by atoms with Crippen molar-refractivity contribution in [3.05, 3.63) is 65.7 Å². The Labute approximate surface area is 181 Å². The van der Waals surface area contributed by atoms with Crippen LogP contribution >= 0.6 is 0 Å². The lowest BCUT2D eigenvalue weighted by Gasteiger charge is -2.28. The number of benzene rings is 2. The maximum absolute atomic E-state index is 12.3. The largest absolute Gasteiger partial charge is 0.457 e. The number of amides is 1. The summed E-state index contributed by atoms with van der Waals surface area (Å²) in [5.74, 6) is -1.52. The highest BCUT2D eigenvalue weighted by atomic mass is 32.2. The van der Waals surface area contributed by atoms with Crippen LogP contribution in [0.3, 0.4) is 0 Å². The van der Waals surface area contributed by atoms with Crippen LogP contribution < -0.4 is 5.32 Å². The first-order valence-electron chi connectivity index (χ1n) is 9.85. The van der Waals surface area contributed by atoms with Gasteiger partial charge >= 0.3 is 5.97 Å². The van der Waals surface area contributed by atoms with E-state index < -0.39 is 21.9 Å². The van der Waals surface area contributed by atoms with Crippen LogP contribution in [0.4, 0.5) is 5.69 Å². The first-order chi connectivity index (χ1) is 14.7. The Morgan fingerprint density at radius 2 is 1.58 bits per heavy atom. The number of hydrogen-bond donors (Lipinski definition) is 1. The van der Waals surface area contributed by atoms with E-state index in [1.54, 1.807) is 48.5 Å². The molecule has 8 nitrogen and oxygen atoms in total. The molecule has 0 aromatic heterocycles. The second-order valence-electron chi connectivity index (χ2n) is 7.36. The Hall–Kier alpha value is -3.04. The fourth-order valence-corrected chi connectivity index (χ4v) is 4.17. The molecule has 2 aromatic rings. The minimum atomic E-state index is -3.26. The van der Waals surface area contributed by atoms with Gasteiger partial charge in [0, 0.05) is 29.9 Å². The van der Waals surface area contributed by atoms with Crippen LogP contribution in [0, 0.1) is 5.92 Å². The fraction of sp³-hybridized carbons (Fsp3) is 0.318. The number of esters is 1. The molecule has 1 amide bonds. The van der Waals surface area contributed by atoms with Gasteiger partial charge in [0.25, 0.3) is 5.91 Å². The molecule has 0 spiro atoms. The first kappa shape index (κ1) is 22.6. The molecule has 1 aliphatic rings. The van der Waals surface area contributed by atoms with Crippen molar-refractivity contribution < 1.29 is 27.5 Å². The van der Waals surface area contributed by atoms with Gasteiger partial charge in [0.1, 0.15) is 0 Å². The average molecular weight is 445 g/mol. The second-order valence-corrected chi connectivity index (χ2v) is 9.35. The monoisotopic (exact) mass is 444 g/mol. The summed E-state index contributed by atoms with van der Waals surface area (Å²) in [6.45, 7) is 0.145. The summed E-state index contributed by atoms with van der Waals surface area (Å²) in [6.07, 6.45) is 1.88. The molecule has 0 aliphatic carbocycles. The van der Waals surface area contributed by atoms with Crippen molar-refractivity contribution in [2.75, 3.05) is 31.3 Å². The third kappa shape index (κ3) is 6.22. The van der Waals surface area contributed by atoms with E-state index in [4.69, 9.17) is 4.74 Å². The van der Waals surface area contributed by atoms with Gasteiger partial charge in [-0.25, -0.2) is 12.7 Å². The number of sulfonamides is 1. The zero-order chi connectivity index (χ0) is 22.4. The predicted molar refractivity (Wildman–Crippen MR) is 115 cm³/mol. The molecule has 1 N–H and O–H groups in total. The number of ether oxygens (including phenoxy) is 1. The summed E-state index contributed by atoms with van der Waals surface area (Å²) >= 11 is 0. The first-order valence-corrected chi connectivity index (χ1v) is 11.7. The van der Waals surface area contributed by atoms with Crippen molar-refractivity contribution in [1.29, 1.82) is 0 Å². The van der Waals surface area contributed by atoms with Gasteiger partial charge in [-0.05, 0) is 49.2 Å². The van der Waals surface area contributed by atoms with Crippen LogP contribution in [0.5, 0.6) is 0 Å². The highest BCUT2D eigenvalue weighted by molar-refractivity contribution is 7.88. The van der Waals surface area contributed by atoms with E-state index in [0.717, 1.165) is 6.26 Å². The average Bonchev–Trinajstić information content (AvgIpc) is 2.78. The molecule has 0 radical (unpaired) electrons. The van der Waals surface area contributed by atoms with Crippen LogP contribution in [0.1, 0.15) is 33.6 Å². The number of nitrogens with one attached hydrogen (secondary N) is 1. The van der Waals surface area contributed by atoms with Crippen LogP contribution in [-0.2, 0) is 19.6 Å². The number of ketones is 1. The quantitative estimate of drug-likeness (QED) is 0.519. The number of nitrogens with zero attached hydrogens (tertiary/aromatic N) is 1.